The van der Waals surface area contributed by atoms with Crippen LogP contribution in [0.3, 0.4) is 0 Å². The maximum Gasteiger partial charge on any atom is 0.191 e. The molecule has 0 amide bonds. The predicted molar refractivity (Wildman–Crippen MR) is 115 cm³/mol. The molecule has 0 aromatic carbocycles. The van der Waals surface area contributed by atoms with Crippen LogP contribution in [0, 0.1) is 0 Å². The van der Waals surface area contributed by atoms with E-state index >= 15 is 0 Å². The Morgan fingerprint density at radius 2 is 2.12 bits per heavy atom. The molecule has 24 heavy (non-hydrogen) atoms. The summed E-state index contributed by atoms with van der Waals surface area (Å²) in [7, 11) is 3.61. The molecule has 5 nitrogen and oxygen atoms in total. The van der Waals surface area contributed by atoms with Gasteiger partial charge in [-0.3, -0.25) is 4.99 Å². The van der Waals surface area contributed by atoms with Gasteiger partial charge in [-0.15, -0.1) is 35.3 Å². The molecule has 1 aromatic heterocycles. The lowest BCUT2D eigenvalue weighted by Crippen LogP contribution is -2.48. The summed E-state index contributed by atoms with van der Waals surface area (Å²) >= 11 is 1.83. The van der Waals surface area contributed by atoms with Crippen molar-refractivity contribution in [3.8, 4) is 0 Å². The lowest BCUT2D eigenvalue weighted by molar-refractivity contribution is 0.192. The fourth-order valence-corrected chi connectivity index (χ4v) is 3.62. The Hall–Kier alpha value is -0.540. The third-order valence-electron chi connectivity index (χ3n) is 4.19. The number of thiophene rings is 1. The Labute approximate surface area is 167 Å². The van der Waals surface area contributed by atoms with E-state index in [9.17, 15) is 0 Å². The molecule has 1 aliphatic heterocycles. The first-order valence-electron chi connectivity index (χ1n) is 8.58. The second kappa shape index (κ2) is 12.8. The number of nitrogens with zero attached hydrogens (tertiary/aromatic N) is 2. The molecule has 0 unspecified atom stereocenters. The predicted octanol–water partition coefficient (Wildman–Crippen LogP) is 3.32. The maximum atomic E-state index is 5.07. The van der Waals surface area contributed by atoms with Gasteiger partial charge in [-0.05, 0) is 49.6 Å². The molecule has 0 radical (unpaired) electrons. The second-order valence-corrected chi connectivity index (χ2v) is 6.84. The summed E-state index contributed by atoms with van der Waals surface area (Å²) in [6.07, 6.45) is 5.79. The second-order valence-electron chi connectivity index (χ2n) is 5.91. The molecule has 0 saturated carbocycles. The van der Waals surface area contributed by atoms with Crippen molar-refractivity contribution in [2.45, 2.75) is 38.1 Å². The fraction of sp³-hybridized carbons (Fsp3) is 0.706. The Balaban J connectivity index is 0.00000288. The number of guanidine groups is 1. The number of halogens is 1. The minimum absolute atomic E-state index is 0. The van der Waals surface area contributed by atoms with E-state index in [4.69, 9.17) is 4.74 Å². The number of nitrogens with one attached hydrogen (secondary N) is 2. The van der Waals surface area contributed by atoms with Gasteiger partial charge in [-0.1, -0.05) is 0 Å². The lowest BCUT2D eigenvalue weighted by Gasteiger charge is -2.33. The molecule has 0 spiro atoms. The summed E-state index contributed by atoms with van der Waals surface area (Å²) in [5, 5.41) is 10.5. The third-order valence-corrected chi connectivity index (χ3v) is 5.12. The number of hydrogen-bond acceptors (Lipinski definition) is 4. The van der Waals surface area contributed by atoms with Crippen LogP contribution in [0.4, 0.5) is 5.00 Å². The van der Waals surface area contributed by atoms with E-state index < -0.39 is 0 Å². The van der Waals surface area contributed by atoms with Gasteiger partial charge in [-0.2, -0.15) is 0 Å². The third kappa shape index (κ3) is 7.57. The topological polar surface area (TPSA) is 48.9 Å². The molecule has 0 aliphatic carbocycles. The van der Waals surface area contributed by atoms with Gasteiger partial charge in [0.15, 0.2) is 5.96 Å². The normalized spacial score (nSPS) is 15.9. The highest BCUT2D eigenvalue weighted by atomic mass is 127. The van der Waals surface area contributed by atoms with Gasteiger partial charge in [0, 0.05) is 46.4 Å². The Bertz CT molecular complexity index is 447. The van der Waals surface area contributed by atoms with E-state index in [1.807, 2.05) is 18.4 Å². The first-order chi connectivity index (χ1) is 11.3. The Morgan fingerprint density at radius 1 is 1.33 bits per heavy atom. The average molecular weight is 466 g/mol. The van der Waals surface area contributed by atoms with Crippen molar-refractivity contribution in [2.75, 3.05) is 45.3 Å². The number of ether oxygens (including phenoxy) is 1. The number of piperidine rings is 1. The smallest absolute Gasteiger partial charge is 0.191 e. The molecule has 1 aromatic rings. The van der Waals surface area contributed by atoms with Gasteiger partial charge in [0.05, 0.1) is 5.00 Å². The quantitative estimate of drug-likeness (QED) is 0.267. The van der Waals surface area contributed by atoms with Crippen molar-refractivity contribution in [2.24, 2.45) is 4.99 Å². The number of methoxy groups -OCH3 is 1. The standard InChI is InChI=1S/C17H30N4OS.HI/c1-18-17(19-10-4-3-5-13-22-2)20-15-8-11-21(12-9-15)16-7-6-14-23-16;/h6-7,14-15H,3-5,8-13H2,1-2H3,(H2,18,19,20);1H. The molecule has 0 atom stereocenters. The molecule has 1 saturated heterocycles. The Morgan fingerprint density at radius 3 is 2.75 bits per heavy atom. The highest BCUT2D eigenvalue weighted by molar-refractivity contribution is 14.0. The molecule has 1 fully saturated rings. The molecule has 2 heterocycles. The number of anilines is 1. The number of unbranched alkanes of at least 4 members (excludes halogenated alkanes) is 2. The summed E-state index contributed by atoms with van der Waals surface area (Å²) in [5.74, 6) is 0.936. The van der Waals surface area contributed by atoms with Gasteiger partial charge in [0.1, 0.15) is 0 Å². The number of rotatable bonds is 8. The van der Waals surface area contributed by atoms with Crippen LogP contribution in [-0.2, 0) is 4.74 Å². The maximum absolute atomic E-state index is 5.07. The summed E-state index contributed by atoms with van der Waals surface area (Å²) in [4.78, 5) is 6.82. The van der Waals surface area contributed by atoms with Crippen LogP contribution in [0.5, 0.6) is 0 Å². The van der Waals surface area contributed by atoms with Crippen molar-refractivity contribution in [1.29, 1.82) is 0 Å². The van der Waals surface area contributed by atoms with E-state index in [0.717, 1.165) is 57.9 Å². The fourth-order valence-electron chi connectivity index (χ4n) is 2.84. The van der Waals surface area contributed by atoms with E-state index in [-0.39, 0.29) is 24.0 Å². The van der Waals surface area contributed by atoms with Crippen LogP contribution >= 0.6 is 35.3 Å². The molecule has 1 aliphatic rings. The van der Waals surface area contributed by atoms with Gasteiger partial charge in [0.2, 0.25) is 0 Å². The molecule has 138 valence electrons. The first kappa shape index (κ1) is 21.5. The monoisotopic (exact) mass is 466 g/mol. The van der Waals surface area contributed by atoms with Crippen molar-refractivity contribution in [3.05, 3.63) is 17.5 Å². The van der Waals surface area contributed by atoms with E-state index in [0.29, 0.717) is 6.04 Å². The zero-order chi connectivity index (χ0) is 16.3. The molecule has 7 heteroatoms. The van der Waals surface area contributed by atoms with Gasteiger partial charge in [-0.25, -0.2) is 0 Å². The van der Waals surface area contributed by atoms with Crippen LogP contribution < -0.4 is 15.5 Å². The average Bonchev–Trinajstić information content (AvgIpc) is 3.12. The summed E-state index contributed by atoms with van der Waals surface area (Å²) in [5.41, 5.74) is 0. The molecular formula is C17H31IN4OS. The van der Waals surface area contributed by atoms with E-state index in [1.54, 1.807) is 7.11 Å². The number of hydrogen-bond donors (Lipinski definition) is 2. The van der Waals surface area contributed by atoms with Crippen molar-refractivity contribution in [1.82, 2.24) is 10.6 Å². The molecular weight excluding hydrogens is 435 g/mol. The van der Waals surface area contributed by atoms with Crippen LogP contribution in [0.15, 0.2) is 22.5 Å². The molecule has 2 N–H and O–H groups in total. The first-order valence-corrected chi connectivity index (χ1v) is 9.46. The largest absolute Gasteiger partial charge is 0.385 e. The van der Waals surface area contributed by atoms with Crippen LogP contribution in [-0.4, -0.2) is 52.4 Å². The van der Waals surface area contributed by atoms with Crippen molar-refractivity contribution < 1.29 is 4.74 Å². The van der Waals surface area contributed by atoms with Crippen LogP contribution in [0.2, 0.25) is 0 Å². The van der Waals surface area contributed by atoms with Crippen molar-refractivity contribution in [3.63, 3.8) is 0 Å². The number of aliphatic imine (C=N–C) groups is 1. The van der Waals surface area contributed by atoms with Crippen LogP contribution in [0.25, 0.3) is 0 Å². The Kier molecular flexibility index (Phi) is 11.4. The molecule has 2 rings (SSSR count). The summed E-state index contributed by atoms with van der Waals surface area (Å²) in [6, 6.07) is 4.86. The zero-order valence-electron chi connectivity index (χ0n) is 14.8. The van der Waals surface area contributed by atoms with Crippen molar-refractivity contribution >= 4 is 46.3 Å². The van der Waals surface area contributed by atoms with Gasteiger partial charge < -0.3 is 20.3 Å². The van der Waals surface area contributed by atoms with E-state index in [1.165, 1.54) is 11.4 Å². The lowest BCUT2D eigenvalue weighted by atomic mass is 10.1. The van der Waals surface area contributed by atoms with Crippen LogP contribution in [0.1, 0.15) is 32.1 Å². The minimum atomic E-state index is 0. The van der Waals surface area contributed by atoms with Gasteiger partial charge in [0.25, 0.3) is 0 Å². The van der Waals surface area contributed by atoms with E-state index in [2.05, 4.69) is 38.0 Å². The summed E-state index contributed by atoms with van der Waals surface area (Å²) in [6.45, 7) is 4.06. The molecule has 0 bridgehead atoms. The summed E-state index contributed by atoms with van der Waals surface area (Å²) < 4.78 is 5.07. The highest BCUT2D eigenvalue weighted by Crippen LogP contribution is 2.24. The van der Waals surface area contributed by atoms with Gasteiger partial charge >= 0.3 is 0 Å². The highest BCUT2D eigenvalue weighted by Gasteiger charge is 2.20. The SMILES string of the molecule is CN=C(NCCCCCOC)NC1CCN(c2cccs2)CC1.I. The minimum Gasteiger partial charge on any atom is -0.385 e. The zero-order valence-corrected chi connectivity index (χ0v) is 17.9.